The van der Waals surface area contributed by atoms with E-state index in [1.165, 1.54) is 19.2 Å². The van der Waals surface area contributed by atoms with Crippen LogP contribution in [-0.2, 0) is 46.2 Å². The molecule has 34 heavy (non-hydrogen) atoms. The average molecular weight is 750 g/mol. The van der Waals surface area contributed by atoms with Crippen molar-refractivity contribution in [2.24, 2.45) is 0 Å². The molecule has 0 aromatic heterocycles. The predicted molar refractivity (Wildman–Crippen MR) is 94.6 cm³/mol. The van der Waals surface area contributed by atoms with Crippen LogP contribution in [0.2, 0.25) is 0 Å². The minimum Gasteiger partial charge on any atom is -0.741 e. The summed E-state index contributed by atoms with van der Waals surface area (Å²) in [6, 6.07) is 4.74. The van der Waals surface area contributed by atoms with E-state index in [1.807, 2.05) is 0 Å². The molecule has 0 bridgehead atoms. The molecule has 0 unspecified atom stereocenters. The molecule has 212 valence electrons. The van der Waals surface area contributed by atoms with Crippen molar-refractivity contribution in [3.05, 3.63) is 29.8 Å². The third kappa shape index (κ3) is 22.4. The van der Waals surface area contributed by atoms with E-state index in [0.29, 0.717) is 0 Å². The van der Waals surface area contributed by atoms with Crippen LogP contribution in [-0.4, -0.2) is 44.1 Å². The van der Waals surface area contributed by atoms with Gasteiger partial charge in [0.15, 0.2) is 20.2 Å². The summed E-state index contributed by atoms with van der Waals surface area (Å²) in [7, 11) is -10.9. The first-order chi connectivity index (χ1) is 12.0. The summed E-state index contributed by atoms with van der Waals surface area (Å²) in [6.07, 6.45) is -4.30. The molecular weight excluding hydrogens is 727 g/mol. The van der Waals surface area contributed by atoms with Crippen LogP contribution < -0.4 is 35.5 Å². The standard InChI is InChI=1S/C8H7F3O.2CHF3O3S.5H3N.Os/c1-12-7-4-2-3-6(5-7)8(9,10)11;2*2-1(3,4)8(5,6)7;;;;;;/h2-5H,1H3;2*(H,5,6,7);5*1H3;/q;;;;;;;;+2/p-2. The summed E-state index contributed by atoms with van der Waals surface area (Å²) in [4.78, 5) is 0. The van der Waals surface area contributed by atoms with Crippen molar-refractivity contribution in [2.75, 3.05) is 7.11 Å². The van der Waals surface area contributed by atoms with Crippen molar-refractivity contribution in [3.63, 3.8) is 0 Å². The fourth-order valence-corrected chi connectivity index (χ4v) is 0.799. The molecule has 12 nitrogen and oxygen atoms in total. The van der Waals surface area contributed by atoms with E-state index in [4.69, 9.17) is 25.9 Å². The number of alkyl halides is 9. The monoisotopic (exact) mass is 751 g/mol. The molecule has 0 atom stereocenters. The van der Waals surface area contributed by atoms with Crippen molar-refractivity contribution in [1.29, 1.82) is 0 Å². The second kappa shape index (κ2) is 18.9. The average Bonchev–Trinajstić information content (AvgIpc) is 2.43. The molecule has 0 radical (unpaired) electrons. The van der Waals surface area contributed by atoms with Crippen LogP contribution >= 0.6 is 0 Å². The van der Waals surface area contributed by atoms with Gasteiger partial charge in [0.05, 0.1) is 12.7 Å². The molecule has 24 heteroatoms. The van der Waals surface area contributed by atoms with Crippen LogP contribution in [0, 0.1) is 0 Å². The normalized spacial score (nSPS) is 10.6. The Labute approximate surface area is 201 Å². The fourth-order valence-electron chi connectivity index (χ4n) is 0.799. The number of hydrogen-bond donors (Lipinski definition) is 5. The van der Waals surface area contributed by atoms with Crippen LogP contribution in [0.5, 0.6) is 5.75 Å². The van der Waals surface area contributed by atoms with Crippen molar-refractivity contribution in [2.45, 2.75) is 17.2 Å². The molecule has 0 saturated heterocycles. The first-order valence-corrected chi connectivity index (χ1v) is 8.61. The third-order valence-corrected chi connectivity index (χ3v) is 3.10. The van der Waals surface area contributed by atoms with Crippen molar-refractivity contribution in [3.8, 4) is 5.75 Å². The molecule has 0 aliphatic heterocycles. The number of benzene rings is 1. The van der Waals surface area contributed by atoms with E-state index in [-0.39, 0.29) is 56.3 Å². The molecule has 0 saturated carbocycles. The van der Waals surface area contributed by atoms with Crippen LogP contribution in [0.25, 0.3) is 0 Å². The zero-order valence-corrected chi connectivity index (χ0v) is 20.9. The summed E-state index contributed by atoms with van der Waals surface area (Å²) < 4.78 is 159. The van der Waals surface area contributed by atoms with Gasteiger partial charge in [-0.05, 0) is 18.2 Å². The molecule has 1 aromatic rings. The Morgan fingerprint density at radius 2 is 0.971 bits per heavy atom. The largest absolute Gasteiger partial charge is 2.00 e. The fraction of sp³-hybridized carbons (Fsp3) is 0.400. The second-order valence-corrected chi connectivity index (χ2v) is 6.77. The zero-order valence-electron chi connectivity index (χ0n) is 16.8. The number of methoxy groups -OCH3 is 1. The van der Waals surface area contributed by atoms with Gasteiger partial charge in [-0.15, -0.1) is 0 Å². The van der Waals surface area contributed by atoms with Crippen molar-refractivity contribution in [1.82, 2.24) is 30.8 Å². The molecule has 0 aliphatic rings. The van der Waals surface area contributed by atoms with E-state index in [1.54, 1.807) is 0 Å². The maximum atomic E-state index is 12.0. The van der Waals surface area contributed by atoms with Gasteiger partial charge in [0, 0.05) is 0 Å². The maximum absolute atomic E-state index is 12.0. The number of hydrogen-bond acceptors (Lipinski definition) is 12. The summed E-state index contributed by atoms with van der Waals surface area (Å²) >= 11 is 0. The summed E-state index contributed by atoms with van der Waals surface area (Å²) in [5, 5.41) is 0. The van der Waals surface area contributed by atoms with Gasteiger partial charge < -0.3 is 44.6 Å². The molecule has 0 fully saturated rings. The SMILES string of the molecule is COc1cccc(C(F)(F)F)c1.N.N.N.N.N.O=S(=O)([O-])C(F)(F)F.O=S(=O)([O-])C(F)(F)F.[Os+2]. The van der Waals surface area contributed by atoms with Gasteiger partial charge in [0.25, 0.3) is 0 Å². The van der Waals surface area contributed by atoms with Gasteiger partial charge in [-0.25, -0.2) is 16.8 Å². The molecule has 1 rings (SSSR count). The molecule has 0 amide bonds. The first-order valence-electron chi connectivity index (χ1n) is 5.79. The summed E-state index contributed by atoms with van der Waals surface area (Å²) in [5.74, 6) is 0.213. The Morgan fingerprint density at radius 1 is 0.706 bits per heavy atom. The molecule has 0 spiro atoms. The van der Waals surface area contributed by atoms with E-state index in [2.05, 4.69) is 4.74 Å². The predicted octanol–water partition coefficient (Wildman–Crippen LogP) is 3.62. The summed E-state index contributed by atoms with van der Waals surface area (Å²) in [5.41, 5.74) is -12.0. The Kier molecular flexibility index (Phi) is 29.9. The number of rotatable bonds is 1. The Bertz CT molecular complexity index is 809. The van der Waals surface area contributed by atoms with E-state index >= 15 is 0 Å². The van der Waals surface area contributed by atoms with Gasteiger partial charge in [-0.3, -0.25) is 0 Å². The first kappa shape index (κ1) is 53.8. The molecule has 1 aromatic carbocycles. The van der Waals surface area contributed by atoms with Crippen LogP contribution in [0.4, 0.5) is 39.5 Å². The zero-order chi connectivity index (χ0) is 23.2. The Hall–Kier alpha value is -1.35. The van der Waals surface area contributed by atoms with Gasteiger partial charge in [-0.2, -0.15) is 39.5 Å². The van der Waals surface area contributed by atoms with E-state index in [9.17, 15) is 39.5 Å². The minimum atomic E-state index is -6.09. The quantitative estimate of drug-likeness (QED) is 0.156. The number of ether oxygens (including phenoxy) is 1. The molecular formula is C10H22F9N5O7OsS2. The minimum absolute atomic E-state index is 0. The van der Waals surface area contributed by atoms with Gasteiger partial charge in [0.1, 0.15) is 5.75 Å². The van der Waals surface area contributed by atoms with Crippen LogP contribution in [0.3, 0.4) is 0 Å². The van der Waals surface area contributed by atoms with Crippen molar-refractivity contribution < 1.29 is 90.0 Å². The van der Waals surface area contributed by atoms with Crippen LogP contribution in [0.1, 0.15) is 5.56 Å². The third-order valence-electron chi connectivity index (χ3n) is 1.96. The van der Waals surface area contributed by atoms with Crippen LogP contribution in [0.15, 0.2) is 24.3 Å². The Balaban J connectivity index is -0.0000000470. The molecule has 15 N–H and O–H groups in total. The van der Waals surface area contributed by atoms with Gasteiger partial charge >= 0.3 is 37.0 Å². The number of halogens is 9. The Morgan fingerprint density at radius 3 is 1.15 bits per heavy atom. The molecule has 0 heterocycles. The van der Waals surface area contributed by atoms with Gasteiger partial charge in [0.2, 0.25) is 0 Å². The van der Waals surface area contributed by atoms with E-state index in [0.717, 1.165) is 12.1 Å². The maximum Gasteiger partial charge on any atom is 2.00 e. The topological polar surface area (TPSA) is 299 Å². The van der Waals surface area contributed by atoms with Gasteiger partial charge in [-0.1, -0.05) is 6.07 Å². The van der Waals surface area contributed by atoms with E-state index < -0.39 is 43.0 Å². The van der Waals surface area contributed by atoms with Crippen molar-refractivity contribution >= 4 is 20.2 Å². The second-order valence-electron chi connectivity index (χ2n) is 4.03. The molecule has 0 aliphatic carbocycles. The summed E-state index contributed by atoms with van der Waals surface area (Å²) in [6.45, 7) is 0. The smallest absolute Gasteiger partial charge is 0.741 e.